The predicted octanol–water partition coefficient (Wildman–Crippen LogP) is 4.57. The molecule has 3 fully saturated rings. The summed E-state index contributed by atoms with van der Waals surface area (Å²) < 4.78 is 0. The SMILES string of the molecule is CCc1cc2c(cc1N1CCC(N3CCN(CCNc4cccc5c4C(=O)N(C4CCC(=O)NC4=O)C5=O)CC3)CC1)C(C)(C)c1[nH]c3cc(C#N)ccc3c1C2=O. The third-order valence-corrected chi connectivity index (χ3v) is 13.2. The summed E-state index contributed by atoms with van der Waals surface area (Å²) >= 11 is 0. The van der Waals surface area contributed by atoms with Crippen molar-refractivity contribution in [3.8, 4) is 6.07 Å². The maximum atomic E-state index is 14.1. The minimum Gasteiger partial charge on any atom is -0.383 e. The Hall–Kier alpha value is -5.84. The number of nitriles is 1. The Morgan fingerprint density at radius 3 is 2.38 bits per heavy atom. The van der Waals surface area contributed by atoms with Crippen molar-refractivity contribution in [1.82, 2.24) is 25.0 Å². The molecule has 0 spiro atoms. The zero-order valence-corrected chi connectivity index (χ0v) is 33.2. The number of aryl methyl sites for hydroxylation is 1. The number of imide groups is 2. The normalized spacial score (nSPS) is 21.2. The number of rotatable bonds is 8. The summed E-state index contributed by atoms with van der Waals surface area (Å²) in [5.74, 6) is -1.97. The monoisotopic (exact) mass is 780 g/mol. The number of hydrogen-bond acceptors (Lipinski definition) is 10. The van der Waals surface area contributed by atoms with Crippen LogP contribution in [0.25, 0.3) is 10.9 Å². The molecule has 1 aromatic heterocycles. The lowest BCUT2D eigenvalue weighted by atomic mass is 9.70. The van der Waals surface area contributed by atoms with E-state index in [0.717, 1.165) is 103 Å². The summed E-state index contributed by atoms with van der Waals surface area (Å²) in [6.45, 7) is 13.7. The Labute approximate surface area is 337 Å². The van der Waals surface area contributed by atoms with Gasteiger partial charge >= 0.3 is 0 Å². The Balaban J connectivity index is 0.803. The molecular weight excluding hydrogens is 733 g/mol. The molecule has 1 unspecified atom stereocenters. The van der Waals surface area contributed by atoms with Gasteiger partial charge in [-0.3, -0.25) is 44.0 Å². The third-order valence-electron chi connectivity index (χ3n) is 13.2. The summed E-state index contributed by atoms with van der Waals surface area (Å²) in [6, 6.07) is 16.8. The third kappa shape index (κ3) is 6.17. The summed E-state index contributed by atoms with van der Waals surface area (Å²) in [5.41, 5.74) is 7.98. The van der Waals surface area contributed by atoms with Crippen LogP contribution in [0.4, 0.5) is 11.4 Å². The summed E-state index contributed by atoms with van der Waals surface area (Å²) in [4.78, 5) is 77.1. The molecule has 0 bridgehead atoms. The van der Waals surface area contributed by atoms with Crippen LogP contribution in [-0.2, 0) is 21.4 Å². The average Bonchev–Trinajstić information content (AvgIpc) is 3.75. The largest absolute Gasteiger partial charge is 0.383 e. The maximum Gasteiger partial charge on any atom is 0.264 e. The van der Waals surface area contributed by atoms with Gasteiger partial charge < -0.3 is 15.2 Å². The van der Waals surface area contributed by atoms with Crippen molar-refractivity contribution in [2.45, 2.75) is 70.4 Å². The van der Waals surface area contributed by atoms with Gasteiger partial charge in [0.15, 0.2) is 5.78 Å². The number of aromatic nitrogens is 1. The molecule has 4 aliphatic heterocycles. The number of H-pyrrole nitrogens is 1. The molecule has 13 heteroatoms. The lowest BCUT2D eigenvalue weighted by Crippen LogP contribution is -2.54. The molecule has 5 heterocycles. The molecule has 4 aromatic rings. The number of hydrogen-bond donors (Lipinski definition) is 3. The second-order valence-corrected chi connectivity index (χ2v) is 16.8. The van der Waals surface area contributed by atoms with E-state index < -0.39 is 35.1 Å². The zero-order chi connectivity index (χ0) is 40.5. The molecule has 298 valence electrons. The van der Waals surface area contributed by atoms with E-state index in [2.05, 4.69) is 69.3 Å². The van der Waals surface area contributed by atoms with Gasteiger partial charge in [-0.1, -0.05) is 32.9 Å². The van der Waals surface area contributed by atoms with E-state index in [1.807, 2.05) is 12.1 Å². The first-order chi connectivity index (χ1) is 28.0. The Bertz CT molecular complexity index is 2450. The fourth-order valence-corrected chi connectivity index (χ4v) is 9.99. The number of ketones is 1. The molecule has 1 atom stereocenters. The van der Waals surface area contributed by atoms with Crippen molar-refractivity contribution < 1.29 is 24.0 Å². The van der Waals surface area contributed by atoms with Gasteiger partial charge in [0.2, 0.25) is 11.8 Å². The summed E-state index contributed by atoms with van der Waals surface area (Å²) in [6.07, 6.45) is 3.18. The number of aromatic amines is 1. The van der Waals surface area contributed by atoms with Crippen LogP contribution in [0.1, 0.15) is 105 Å². The number of fused-ring (bicyclic) bond motifs is 5. The number of anilines is 2. The van der Waals surface area contributed by atoms with Crippen molar-refractivity contribution in [2.75, 3.05) is 62.6 Å². The van der Waals surface area contributed by atoms with Crippen LogP contribution in [-0.4, -0.2) is 114 Å². The lowest BCUT2D eigenvalue weighted by Gasteiger charge is -2.44. The van der Waals surface area contributed by atoms with E-state index in [1.54, 1.807) is 24.3 Å². The van der Waals surface area contributed by atoms with Gasteiger partial charge in [0, 0.05) is 104 Å². The molecular formula is C45H48N8O5. The van der Waals surface area contributed by atoms with Gasteiger partial charge in [-0.25, -0.2) is 0 Å². The molecule has 9 rings (SSSR count). The Morgan fingerprint density at radius 2 is 1.66 bits per heavy atom. The number of carbonyl (C=O) groups is 5. The van der Waals surface area contributed by atoms with E-state index >= 15 is 0 Å². The first-order valence-corrected chi connectivity index (χ1v) is 20.6. The molecule has 5 aliphatic rings. The Morgan fingerprint density at radius 1 is 0.879 bits per heavy atom. The fourth-order valence-electron chi connectivity index (χ4n) is 9.99. The van der Waals surface area contributed by atoms with Crippen molar-refractivity contribution in [3.05, 3.63) is 93.2 Å². The first-order valence-electron chi connectivity index (χ1n) is 20.6. The van der Waals surface area contributed by atoms with Crippen molar-refractivity contribution in [1.29, 1.82) is 5.26 Å². The molecule has 1 aliphatic carbocycles. The highest BCUT2D eigenvalue weighted by Crippen LogP contribution is 2.46. The van der Waals surface area contributed by atoms with E-state index in [4.69, 9.17) is 0 Å². The smallest absolute Gasteiger partial charge is 0.264 e. The van der Waals surface area contributed by atoms with Crippen LogP contribution < -0.4 is 15.5 Å². The number of carbonyl (C=O) groups excluding carboxylic acids is 5. The molecule has 58 heavy (non-hydrogen) atoms. The standard InChI is InChI=1S/C45H48N8O5/c1-4-27-23-31-32(45(2,3)41-39(40(31)55)29-9-8-26(25-46)22-34(29)48-41)24-36(27)52-15-12-28(13-16-52)51-20-18-50(19-21-51)17-14-47-33-7-5-6-30-38(33)44(58)53(43(30)57)35-10-11-37(54)49-42(35)56/h5-9,22-24,28,35,47-48H,4,10-21H2,1-3H3,(H,49,54,56). The predicted molar refractivity (Wildman–Crippen MR) is 219 cm³/mol. The number of benzene rings is 3. The minimum absolute atomic E-state index is 0.0451. The van der Waals surface area contributed by atoms with Crippen LogP contribution in [0.15, 0.2) is 48.5 Å². The first kappa shape index (κ1) is 37.7. The zero-order valence-electron chi connectivity index (χ0n) is 33.2. The van der Waals surface area contributed by atoms with Gasteiger partial charge in [-0.05, 0) is 73.2 Å². The Kier molecular flexibility index (Phi) is 9.44. The molecule has 0 radical (unpaired) electrons. The summed E-state index contributed by atoms with van der Waals surface area (Å²) in [5, 5.41) is 16.0. The maximum absolute atomic E-state index is 14.1. The highest BCUT2D eigenvalue weighted by atomic mass is 16.2. The van der Waals surface area contributed by atoms with Crippen LogP contribution >= 0.6 is 0 Å². The number of nitrogens with zero attached hydrogens (tertiary/aromatic N) is 5. The van der Waals surface area contributed by atoms with Crippen LogP contribution in [0.2, 0.25) is 0 Å². The van der Waals surface area contributed by atoms with E-state index in [-0.39, 0.29) is 29.8 Å². The molecule has 3 N–H and O–H groups in total. The van der Waals surface area contributed by atoms with Gasteiger partial charge in [0.05, 0.1) is 28.3 Å². The van der Waals surface area contributed by atoms with Gasteiger partial charge in [0.25, 0.3) is 11.8 Å². The average molecular weight is 781 g/mol. The van der Waals surface area contributed by atoms with Crippen LogP contribution in [0, 0.1) is 11.3 Å². The number of amides is 4. The van der Waals surface area contributed by atoms with Crippen LogP contribution in [0.5, 0.6) is 0 Å². The lowest BCUT2D eigenvalue weighted by molar-refractivity contribution is -0.136. The molecule has 3 aromatic carbocycles. The molecule has 13 nitrogen and oxygen atoms in total. The van der Waals surface area contributed by atoms with Gasteiger partial charge in [-0.15, -0.1) is 0 Å². The number of piperidine rings is 2. The molecule has 3 saturated heterocycles. The fraction of sp³-hybridized carbons (Fsp3) is 0.422. The topological polar surface area (TPSA) is 162 Å². The minimum atomic E-state index is -0.990. The van der Waals surface area contributed by atoms with Crippen molar-refractivity contribution in [3.63, 3.8) is 0 Å². The van der Waals surface area contributed by atoms with Gasteiger partial charge in [-0.2, -0.15) is 5.26 Å². The second-order valence-electron chi connectivity index (χ2n) is 16.8. The van der Waals surface area contributed by atoms with Gasteiger partial charge in [0.1, 0.15) is 6.04 Å². The highest BCUT2D eigenvalue weighted by molar-refractivity contribution is 6.25. The van der Waals surface area contributed by atoms with E-state index in [0.29, 0.717) is 23.8 Å². The van der Waals surface area contributed by atoms with E-state index in [1.165, 1.54) is 11.3 Å². The highest BCUT2D eigenvalue weighted by Gasteiger charge is 2.46. The number of nitrogens with one attached hydrogen (secondary N) is 3. The van der Waals surface area contributed by atoms with E-state index in [9.17, 15) is 29.2 Å². The van der Waals surface area contributed by atoms with Crippen LogP contribution in [0.3, 0.4) is 0 Å². The summed E-state index contributed by atoms with van der Waals surface area (Å²) in [7, 11) is 0. The molecule has 0 saturated carbocycles. The molecule has 4 amide bonds. The second kappa shape index (κ2) is 14.5. The van der Waals surface area contributed by atoms with Crippen molar-refractivity contribution >= 4 is 51.7 Å². The van der Waals surface area contributed by atoms with Crippen molar-refractivity contribution in [2.24, 2.45) is 0 Å². The number of piperazine rings is 1. The quantitative estimate of drug-likeness (QED) is 0.216.